The first-order valence-electron chi connectivity index (χ1n) is 13.5. The third-order valence-corrected chi connectivity index (χ3v) is 7.85. The van der Waals surface area contributed by atoms with E-state index in [4.69, 9.17) is 0 Å². The van der Waals surface area contributed by atoms with E-state index in [-0.39, 0.29) is 0 Å². The number of rotatable bonds is 7. The predicted octanol–water partition coefficient (Wildman–Crippen LogP) is 9.30. The highest BCUT2D eigenvalue weighted by Gasteiger charge is 2.32. The Morgan fingerprint density at radius 3 is 2.55 bits per heavy atom. The first-order chi connectivity index (χ1) is 18.4. The number of para-hydroxylation sites is 2. The van der Waals surface area contributed by atoms with Gasteiger partial charge in [0.15, 0.2) is 0 Å². The molecule has 0 saturated heterocycles. The molecule has 0 radical (unpaired) electrons. The van der Waals surface area contributed by atoms with Gasteiger partial charge >= 0.3 is 0 Å². The lowest BCUT2D eigenvalue weighted by atomic mass is 9.85. The molecule has 5 rings (SSSR count). The Labute approximate surface area is 227 Å². The monoisotopic (exact) mass is 499 g/mol. The Morgan fingerprint density at radius 1 is 1.03 bits per heavy atom. The first kappa shape index (κ1) is 25.5. The second-order valence-corrected chi connectivity index (χ2v) is 10.2. The zero-order valence-electron chi connectivity index (χ0n) is 23.0. The molecule has 3 heteroatoms. The van der Waals surface area contributed by atoms with Crippen LogP contribution in [0.5, 0.6) is 0 Å². The molecule has 1 aliphatic heterocycles. The standard InChI is InChI=1S/C35H37N3/c1-6-7-18-30-25(2)35(3,36-4)37-33-24-27(21-22-32(30)33)26-14-13-15-28(23-26)31-19-11-12-20-34(31)38(5)29-16-9-8-10-17-29/h7-12,14,16-24,37H,4,6,13,15H2,1-3,5H3/b18-7-. The van der Waals surface area contributed by atoms with E-state index in [2.05, 4.69) is 147 Å². The first-order valence-corrected chi connectivity index (χ1v) is 13.5. The smallest absolute Gasteiger partial charge is 0.148 e. The highest BCUT2D eigenvalue weighted by atomic mass is 15.1. The van der Waals surface area contributed by atoms with Gasteiger partial charge in [-0.1, -0.05) is 79.8 Å². The van der Waals surface area contributed by atoms with Crippen LogP contribution in [0.15, 0.2) is 108 Å². The minimum Gasteiger partial charge on any atom is -0.358 e. The minimum atomic E-state index is -0.526. The molecule has 1 atom stereocenters. The summed E-state index contributed by atoms with van der Waals surface area (Å²) < 4.78 is 0. The van der Waals surface area contributed by atoms with Crippen LogP contribution in [0.4, 0.5) is 17.1 Å². The largest absolute Gasteiger partial charge is 0.358 e. The molecule has 1 N–H and O–H groups in total. The van der Waals surface area contributed by atoms with E-state index >= 15 is 0 Å². The van der Waals surface area contributed by atoms with E-state index in [0.717, 1.165) is 24.9 Å². The Bertz CT molecular complexity index is 1470. The summed E-state index contributed by atoms with van der Waals surface area (Å²) in [4.78, 5) is 6.76. The number of aliphatic imine (C=N–C) groups is 1. The summed E-state index contributed by atoms with van der Waals surface area (Å²) in [6.45, 7) is 10.3. The molecule has 3 aromatic carbocycles. The summed E-state index contributed by atoms with van der Waals surface area (Å²) in [5, 5.41) is 3.67. The van der Waals surface area contributed by atoms with Crippen LogP contribution in [0.25, 0.3) is 16.7 Å². The van der Waals surface area contributed by atoms with Gasteiger partial charge in [-0.2, -0.15) is 0 Å². The van der Waals surface area contributed by atoms with Gasteiger partial charge in [-0.15, -0.1) is 0 Å². The molecule has 0 saturated carbocycles. The molecule has 0 bridgehead atoms. The number of nitrogens with zero attached hydrogens (tertiary/aromatic N) is 2. The molecular formula is C35H37N3. The Hall–Kier alpha value is -4.11. The van der Waals surface area contributed by atoms with Crippen molar-refractivity contribution in [3.8, 4) is 0 Å². The highest BCUT2D eigenvalue weighted by molar-refractivity contribution is 5.93. The molecule has 1 unspecified atom stereocenters. The van der Waals surface area contributed by atoms with Crippen molar-refractivity contribution in [1.82, 2.24) is 0 Å². The summed E-state index contributed by atoms with van der Waals surface area (Å²) in [7, 11) is 2.15. The van der Waals surface area contributed by atoms with Crippen LogP contribution in [0.2, 0.25) is 0 Å². The molecule has 192 valence electrons. The van der Waals surface area contributed by atoms with Gasteiger partial charge in [0.05, 0.1) is 0 Å². The molecule has 0 fully saturated rings. The molecule has 1 heterocycles. The van der Waals surface area contributed by atoms with Crippen molar-refractivity contribution >= 4 is 40.5 Å². The number of anilines is 3. The SMILES string of the molecule is C=NC1(C)Nc2cc(C3=CCCC(c4ccccc4N(C)c4ccccc4)=C3)ccc2C(/C=C\CC)=C1C. The third kappa shape index (κ3) is 4.77. The Morgan fingerprint density at radius 2 is 1.79 bits per heavy atom. The van der Waals surface area contributed by atoms with Crippen LogP contribution >= 0.6 is 0 Å². The summed E-state index contributed by atoms with van der Waals surface area (Å²) >= 11 is 0. The van der Waals surface area contributed by atoms with Crippen LogP contribution in [0, 0.1) is 0 Å². The normalized spacial score (nSPS) is 18.9. The summed E-state index contributed by atoms with van der Waals surface area (Å²) in [5.74, 6) is 0. The van der Waals surface area contributed by atoms with E-state index < -0.39 is 5.66 Å². The topological polar surface area (TPSA) is 27.6 Å². The van der Waals surface area contributed by atoms with E-state index in [9.17, 15) is 0 Å². The number of hydrogen-bond donors (Lipinski definition) is 1. The average Bonchev–Trinajstić information content (AvgIpc) is 2.97. The van der Waals surface area contributed by atoms with Crippen molar-refractivity contribution in [2.75, 3.05) is 17.3 Å². The third-order valence-electron chi connectivity index (χ3n) is 7.85. The predicted molar refractivity (Wildman–Crippen MR) is 166 cm³/mol. The van der Waals surface area contributed by atoms with Gasteiger partial charge in [-0.25, -0.2) is 0 Å². The highest BCUT2D eigenvalue weighted by Crippen LogP contribution is 2.43. The molecular weight excluding hydrogens is 462 g/mol. The lowest BCUT2D eigenvalue weighted by Gasteiger charge is -2.36. The number of nitrogens with one attached hydrogen (secondary N) is 1. The summed E-state index contributed by atoms with van der Waals surface area (Å²) in [6.07, 6.45) is 12.2. The molecule has 0 amide bonds. The van der Waals surface area contributed by atoms with Gasteiger partial charge in [0.1, 0.15) is 5.66 Å². The van der Waals surface area contributed by atoms with Crippen LogP contribution in [-0.4, -0.2) is 19.4 Å². The fourth-order valence-electron chi connectivity index (χ4n) is 5.43. The fourth-order valence-corrected chi connectivity index (χ4v) is 5.43. The second-order valence-electron chi connectivity index (χ2n) is 10.2. The summed E-state index contributed by atoms with van der Waals surface area (Å²) in [5.41, 5.74) is 11.7. The maximum Gasteiger partial charge on any atom is 0.148 e. The van der Waals surface area contributed by atoms with Crippen LogP contribution in [-0.2, 0) is 0 Å². The Kier molecular flexibility index (Phi) is 7.20. The molecule has 3 aromatic rings. The van der Waals surface area contributed by atoms with Gasteiger partial charge in [-0.05, 0) is 91.9 Å². The zero-order chi connectivity index (χ0) is 26.7. The van der Waals surface area contributed by atoms with Crippen molar-refractivity contribution in [2.24, 2.45) is 4.99 Å². The van der Waals surface area contributed by atoms with Gasteiger partial charge in [0, 0.05) is 35.2 Å². The van der Waals surface area contributed by atoms with Crippen molar-refractivity contribution in [3.05, 3.63) is 119 Å². The van der Waals surface area contributed by atoms with E-state index in [1.165, 1.54) is 50.4 Å². The van der Waals surface area contributed by atoms with E-state index in [0.29, 0.717) is 0 Å². The maximum atomic E-state index is 4.48. The quantitative estimate of drug-likeness (QED) is 0.328. The molecule has 2 aliphatic rings. The van der Waals surface area contributed by atoms with Gasteiger partial charge in [-0.3, -0.25) is 4.99 Å². The molecule has 38 heavy (non-hydrogen) atoms. The molecule has 0 aromatic heterocycles. The average molecular weight is 500 g/mol. The number of hydrogen-bond acceptors (Lipinski definition) is 3. The van der Waals surface area contributed by atoms with E-state index in [1.54, 1.807) is 0 Å². The molecule has 3 nitrogen and oxygen atoms in total. The van der Waals surface area contributed by atoms with Gasteiger partial charge in [0.25, 0.3) is 0 Å². The number of fused-ring (bicyclic) bond motifs is 1. The van der Waals surface area contributed by atoms with Crippen LogP contribution in [0.3, 0.4) is 0 Å². The van der Waals surface area contributed by atoms with Crippen molar-refractivity contribution < 1.29 is 0 Å². The Balaban J connectivity index is 1.52. The lowest BCUT2D eigenvalue weighted by Crippen LogP contribution is -2.37. The summed E-state index contributed by atoms with van der Waals surface area (Å²) in [6, 6.07) is 26.1. The zero-order valence-corrected chi connectivity index (χ0v) is 23.0. The fraction of sp³-hybridized carbons (Fsp3) is 0.229. The van der Waals surface area contributed by atoms with Gasteiger partial charge < -0.3 is 10.2 Å². The van der Waals surface area contributed by atoms with Crippen LogP contribution < -0.4 is 10.2 Å². The van der Waals surface area contributed by atoms with Crippen molar-refractivity contribution in [1.29, 1.82) is 0 Å². The van der Waals surface area contributed by atoms with E-state index in [1.807, 2.05) is 0 Å². The van der Waals surface area contributed by atoms with Gasteiger partial charge in [0.2, 0.25) is 0 Å². The molecule has 0 spiro atoms. The lowest BCUT2D eigenvalue weighted by molar-refractivity contribution is 0.634. The maximum absolute atomic E-state index is 4.48. The molecule has 1 aliphatic carbocycles. The second kappa shape index (κ2) is 10.7. The number of allylic oxidation sites excluding steroid dienone is 7. The van der Waals surface area contributed by atoms with Crippen LogP contribution in [0.1, 0.15) is 56.7 Å². The van der Waals surface area contributed by atoms with Crippen molar-refractivity contribution in [3.63, 3.8) is 0 Å². The number of benzene rings is 3. The minimum absolute atomic E-state index is 0.526. The van der Waals surface area contributed by atoms with Crippen molar-refractivity contribution in [2.45, 2.75) is 45.7 Å².